The summed E-state index contributed by atoms with van der Waals surface area (Å²) in [5.41, 5.74) is 6.06. The normalized spacial score (nSPS) is 13.0. The van der Waals surface area contributed by atoms with Crippen LogP contribution in [0, 0.1) is 10.1 Å². The lowest BCUT2D eigenvalue weighted by Crippen LogP contribution is -2.19. The van der Waals surface area contributed by atoms with Gasteiger partial charge < -0.3 is 20.8 Å². The SMILES string of the molecule is CCC(Nc1c(N)cc([N+](=O)[O-])c2ccccc12)P(=O)(O)O. The van der Waals surface area contributed by atoms with Crippen LogP contribution in [0.1, 0.15) is 13.3 Å². The van der Waals surface area contributed by atoms with Crippen molar-refractivity contribution in [3.8, 4) is 0 Å². The molecule has 1 atom stereocenters. The largest absolute Gasteiger partial charge is 0.397 e. The molecule has 0 radical (unpaired) electrons. The number of nitrogens with two attached hydrogens (primary N) is 1. The highest BCUT2D eigenvalue weighted by Crippen LogP contribution is 2.45. The minimum atomic E-state index is -4.37. The summed E-state index contributed by atoms with van der Waals surface area (Å²) in [6, 6.07) is 7.70. The number of benzene rings is 2. The molecule has 118 valence electrons. The number of nitrogen functional groups attached to an aromatic ring is 1. The molecule has 0 heterocycles. The van der Waals surface area contributed by atoms with Crippen molar-refractivity contribution >= 4 is 35.4 Å². The fourth-order valence-corrected chi connectivity index (χ4v) is 3.05. The molecule has 8 nitrogen and oxygen atoms in total. The van der Waals surface area contributed by atoms with Crippen LogP contribution in [-0.2, 0) is 4.57 Å². The van der Waals surface area contributed by atoms with E-state index < -0.39 is 18.3 Å². The zero-order valence-electron chi connectivity index (χ0n) is 11.8. The molecule has 2 rings (SSSR count). The predicted molar refractivity (Wildman–Crippen MR) is 84.8 cm³/mol. The molecule has 22 heavy (non-hydrogen) atoms. The number of hydrogen-bond acceptors (Lipinski definition) is 5. The van der Waals surface area contributed by atoms with Crippen molar-refractivity contribution < 1.29 is 19.3 Å². The summed E-state index contributed by atoms with van der Waals surface area (Å²) >= 11 is 0. The molecule has 2 aromatic carbocycles. The highest BCUT2D eigenvalue weighted by atomic mass is 31.2. The summed E-state index contributed by atoms with van der Waals surface area (Å²) in [4.78, 5) is 29.3. The van der Waals surface area contributed by atoms with E-state index in [1.54, 1.807) is 31.2 Å². The third kappa shape index (κ3) is 3.04. The van der Waals surface area contributed by atoms with Gasteiger partial charge in [0.1, 0.15) is 5.78 Å². The van der Waals surface area contributed by atoms with E-state index in [1.165, 1.54) is 6.07 Å². The zero-order valence-corrected chi connectivity index (χ0v) is 12.7. The van der Waals surface area contributed by atoms with E-state index in [1.807, 2.05) is 0 Å². The van der Waals surface area contributed by atoms with Crippen LogP contribution in [0.5, 0.6) is 0 Å². The molecule has 0 aromatic heterocycles. The van der Waals surface area contributed by atoms with Crippen LogP contribution >= 0.6 is 7.60 Å². The summed E-state index contributed by atoms with van der Waals surface area (Å²) in [6.07, 6.45) is 0.176. The number of rotatable bonds is 5. The summed E-state index contributed by atoms with van der Waals surface area (Å²) < 4.78 is 11.5. The Morgan fingerprint density at radius 2 is 1.95 bits per heavy atom. The Balaban J connectivity index is 2.65. The average molecular weight is 325 g/mol. The van der Waals surface area contributed by atoms with Crippen molar-refractivity contribution in [1.29, 1.82) is 0 Å². The maximum Gasteiger partial charge on any atom is 0.347 e. The Labute approximate surface area is 126 Å². The Bertz CT molecular complexity index is 774. The molecule has 0 amide bonds. The summed E-state index contributed by atoms with van der Waals surface area (Å²) in [7, 11) is -4.37. The molecule has 2 aromatic rings. The molecular weight excluding hydrogens is 309 g/mol. The maximum atomic E-state index is 11.5. The first kappa shape index (κ1) is 16.2. The van der Waals surface area contributed by atoms with Gasteiger partial charge in [0.05, 0.1) is 21.7 Å². The molecule has 5 N–H and O–H groups in total. The maximum absolute atomic E-state index is 11.5. The fraction of sp³-hybridized carbons (Fsp3) is 0.231. The van der Waals surface area contributed by atoms with E-state index in [0.717, 1.165) is 0 Å². The van der Waals surface area contributed by atoms with E-state index in [-0.39, 0.29) is 23.5 Å². The van der Waals surface area contributed by atoms with Gasteiger partial charge >= 0.3 is 7.60 Å². The topological polar surface area (TPSA) is 139 Å². The van der Waals surface area contributed by atoms with Gasteiger partial charge in [-0.2, -0.15) is 0 Å². The van der Waals surface area contributed by atoms with E-state index in [0.29, 0.717) is 10.8 Å². The van der Waals surface area contributed by atoms with E-state index >= 15 is 0 Å². The molecule has 9 heteroatoms. The second kappa shape index (κ2) is 5.92. The van der Waals surface area contributed by atoms with Crippen LogP contribution in [0.2, 0.25) is 0 Å². The van der Waals surface area contributed by atoms with Gasteiger partial charge in [0.25, 0.3) is 5.69 Å². The quantitative estimate of drug-likeness (QED) is 0.287. The number of anilines is 2. The summed E-state index contributed by atoms with van der Waals surface area (Å²) in [6.45, 7) is 1.63. The monoisotopic (exact) mass is 325 g/mol. The van der Waals surface area contributed by atoms with E-state index in [2.05, 4.69) is 5.32 Å². The van der Waals surface area contributed by atoms with Crippen LogP contribution in [0.25, 0.3) is 10.8 Å². The van der Waals surface area contributed by atoms with Gasteiger partial charge in [-0.3, -0.25) is 14.7 Å². The van der Waals surface area contributed by atoms with Crippen LogP contribution in [0.3, 0.4) is 0 Å². The highest BCUT2D eigenvalue weighted by Gasteiger charge is 2.28. The molecular formula is C13H16N3O5P. The Morgan fingerprint density at radius 1 is 1.36 bits per heavy atom. The lowest BCUT2D eigenvalue weighted by Gasteiger charge is -2.21. The minimum Gasteiger partial charge on any atom is -0.397 e. The summed E-state index contributed by atoms with van der Waals surface area (Å²) in [5, 5.41) is 14.7. The molecule has 0 fully saturated rings. The first-order valence-corrected chi connectivity index (χ1v) is 8.21. The van der Waals surface area contributed by atoms with Crippen molar-refractivity contribution in [1.82, 2.24) is 0 Å². The Kier molecular flexibility index (Phi) is 4.37. The van der Waals surface area contributed by atoms with Crippen molar-refractivity contribution in [3.63, 3.8) is 0 Å². The first-order chi connectivity index (χ1) is 10.3. The van der Waals surface area contributed by atoms with Gasteiger partial charge in [-0.25, -0.2) is 0 Å². The number of nitro benzene ring substituents is 1. The van der Waals surface area contributed by atoms with Gasteiger partial charge in [-0.1, -0.05) is 25.1 Å². The number of nitro groups is 1. The molecule has 0 aliphatic rings. The van der Waals surface area contributed by atoms with Crippen LogP contribution in [0.15, 0.2) is 30.3 Å². The second-order valence-corrected chi connectivity index (χ2v) is 6.62. The standard InChI is InChI=1S/C13H16N3O5P/c1-2-12(22(19,20)21)15-13-9-6-4-3-5-8(9)11(16(17)18)7-10(13)14/h3-7,12,15H,2,14H2,1H3,(H2,19,20,21). The minimum absolute atomic E-state index is 0.0669. The van der Waals surface area contributed by atoms with Crippen molar-refractivity contribution in [2.75, 3.05) is 11.1 Å². The van der Waals surface area contributed by atoms with E-state index in [9.17, 15) is 24.5 Å². The Morgan fingerprint density at radius 3 is 2.45 bits per heavy atom. The number of fused-ring (bicyclic) bond motifs is 1. The molecule has 0 saturated carbocycles. The van der Waals surface area contributed by atoms with Crippen molar-refractivity contribution in [2.45, 2.75) is 19.1 Å². The molecule has 0 saturated heterocycles. The van der Waals surface area contributed by atoms with Crippen molar-refractivity contribution in [2.24, 2.45) is 0 Å². The molecule has 1 unspecified atom stereocenters. The van der Waals surface area contributed by atoms with Gasteiger partial charge in [0, 0.05) is 11.5 Å². The van der Waals surface area contributed by atoms with E-state index in [4.69, 9.17) is 5.73 Å². The summed E-state index contributed by atoms with van der Waals surface area (Å²) in [5.74, 6) is -1.11. The number of nitrogens with one attached hydrogen (secondary N) is 1. The molecule has 0 aliphatic carbocycles. The molecule has 0 aliphatic heterocycles. The number of hydrogen-bond donors (Lipinski definition) is 4. The number of non-ortho nitro benzene ring substituents is 1. The third-order valence-electron chi connectivity index (χ3n) is 3.35. The second-order valence-electron chi connectivity index (χ2n) is 4.82. The van der Waals surface area contributed by atoms with Crippen LogP contribution in [-0.4, -0.2) is 20.5 Å². The predicted octanol–water partition coefficient (Wildman–Crippen LogP) is 2.66. The van der Waals surface area contributed by atoms with Gasteiger partial charge in [0.2, 0.25) is 0 Å². The van der Waals surface area contributed by atoms with Crippen LogP contribution in [0.4, 0.5) is 17.1 Å². The average Bonchev–Trinajstić information content (AvgIpc) is 2.44. The van der Waals surface area contributed by atoms with Crippen LogP contribution < -0.4 is 11.1 Å². The first-order valence-electron chi connectivity index (χ1n) is 6.53. The van der Waals surface area contributed by atoms with Crippen molar-refractivity contribution in [3.05, 3.63) is 40.4 Å². The smallest absolute Gasteiger partial charge is 0.347 e. The molecule has 0 spiro atoms. The fourth-order valence-electron chi connectivity index (χ4n) is 2.28. The van der Waals surface area contributed by atoms with Gasteiger partial charge in [0.15, 0.2) is 0 Å². The lowest BCUT2D eigenvalue weighted by atomic mass is 10.1. The Hall–Kier alpha value is -2.15. The number of nitrogens with zero attached hydrogens (tertiary/aromatic N) is 1. The molecule has 0 bridgehead atoms. The zero-order chi connectivity index (χ0) is 16.5. The van der Waals surface area contributed by atoms with Gasteiger partial charge in [-0.15, -0.1) is 0 Å². The lowest BCUT2D eigenvalue weighted by molar-refractivity contribution is -0.383. The van der Waals surface area contributed by atoms with Gasteiger partial charge in [-0.05, 0) is 12.5 Å². The third-order valence-corrected chi connectivity index (χ3v) is 4.66. The highest BCUT2D eigenvalue weighted by molar-refractivity contribution is 7.52.